The molecule has 0 aliphatic carbocycles. The van der Waals surface area contributed by atoms with E-state index in [1.54, 1.807) is 0 Å². The molecule has 0 bridgehead atoms. The number of ether oxygens (including phenoxy) is 1. The van der Waals surface area contributed by atoms with Crippen molar-refractivity contribution in [3.63, 3.8) is 0 Å². The molecule has 2 saturated heterocycles. The maximum atomic E-state index is 12.4. The number of aliphatic carboxylic acids is 1. The van der Waals surface area contributed by atoms with Gasteiger partial charge in [-0.05, 0) is 12.1 Å². The standard InChI is InChI=1S/C15H20N2O2S.C2HF3O2/c18-15(14-11-20-9-7-16-14)17-8-6-13(10-17)19-12-4-2-1-3-5-12;3-2(4,5)1(6)7/h1-5,13-14,16H,6-11H2;(H,6,7)/t13-,14?;/m1./s1. The Morgan fingerprint density at radius 1 is 1.26 bits per heavy atom. The Hall–Kier alpha value is -1.94. The lowest BCUT2D eigenvalue weighted by Gasteiger charge is -2.27. The van der Waals surface area contributed by atoms with Gasteiger partial charge in [-0.25, -0.2) is 4.79 Å². The average molecular weight is 406 g/mol. The molecular formula is C17H21F3N2O4S. The number of benzene rings is 1. The summed E-state index contributed by atoms with van der Waals surface area (Å²) in [6, 6.07) is 9.83. The van der Waals surface area contributed by atoms with E-state index < -0.39 is 12.1 Å². The molecule has 0 aromatic heterocycles. The van der Waals surface area contributed by atoms with Crippen LogP contribution in [0.25, 0.3) is 0 Å². The lowest BCUT2D eigenvalue weighted by atomic mass is 10.3. The number of alkyl halides is 3. The van der Waals surface area contributed by atoms with Gasteiger partial charge < -0.3 is 20.1 Å². The number of carbonyl (C=O) groups is 2. The number of likely N-dealkylation sites (tertiary alicyclic amines) is 1. The van der Waals surface area contributed by atoms with Gasteiger partial charge in [0.25, 0.3) is 0 Å². The predicted octanol–water partition coefficient (Wildman–Crippen LogP) is 2.00. The third-order valence-corrected chi connectivity index (χ3v) is 5.03. The van der Waals surface area contributed by atoms with E-state index in [-0.39, 0.29) is 18.1 Å². The lowest BCUT2D eigenvalue weighted by molar-refractivity contribution is -0.192. The molecule has 1 aromatic carbocycles. The normalized spacial score (nSPS) is 22.6. The molecule has 3 rings (SSSR count). The molecule has 0 spiro atoms. The van der Waals surface area contributed by atoms with Crippen molar-refractivity contribution >= 4 is 23.6 Å². The van der Waals surface area contributed by atoms with Crippen LogP contribution >= 0.6 is 11.8 Å². The van der Waals surface area contributed by atoms with Gasteiger partial charge in [0.05, 0.1) is 12.6 Å². The summed E-state index contributed by atoms with van der Waals surface area (Å²) in [5, 5.41) is 10.4. The van der Waals surface area contributed by atoms with Crippen molar-refractivity contribution in [1.29, 1.82) is 0 Å². The van der Waals surface area contributed by atoms with Gasteiger partial charge in [-0.15, -0.1) is 0 Å². The van der Waals surface area contributed by atoms with Crippen LogP contribution in [0, 0.1) is 0 Å². The highest BCUT2D eigenvalue weighted by Gasteiger charge is 2.38. The van der Waals surface area contributed by atoms with E-state index in [0.29, 0.717) is 6.54 Å². The maximum Gasteiger partial charge on any atom is 0.490 e. The number of carbonyl (C=O) groups excluding carboxylic acids is 1. The highest BCUT2D eigenvalue weighted by Crippen LogP contribution is 2.19. The number of nitrogens with zero attached hydrogens (tertiary/aromatic N) is 1. The van der Waals surface area contributed by atoms with Gasteiger partial charge in [0.2, 0.25) is 5.91 Å². The number of amides is 1. The van der Waals surface area contributed by atoms with E-state index in [1.807, 2.05) is 47.0 Å². The van der Waals surface area contributed by atoms with Crippen LogP contribution in [0.2, 0.25) is 0 Å². The first kappa shape index (κ1) is 21.4. The van der Waals surface area contributed by atoms with Gasteiger partial charge in [0.15, 0.2) is 0 Å². The van der Waals surface area contributed by atoms with E-state index in [4.69, 9.17) is 14.6 Å². The first-order valence-corrected chi connectivity index (χ1v) is 9.54. The molecule has 10 heteroatoms. The lowest BCUT2D eigenvalue weighted by Crippen LogP contribution is -2.50. The molecule has 2 fully saturated rings. The smallest absolute Gasteiger partial charge is 0.489 e. The Morgan fingerprint density at radius 2 is 1.93 bits per heavy atom. The molecule has 6 nitrogen and oxygen atoms in total. The fourth-order valence-electron chi connectivity index (χ4n) is 2.66. The van der Waals surface area contributed by atoms with Crippen LogP contribution in [0.5, 0.6) is 5.75 Å². The molecule has 1 amide bonds. The summed E-state index contributed by atoms with van der Waals surface area (Å²) in [6.45, 7) is 2.44. The average Bonchev–Trinajstić information content (AvgIpc) is 3.11. The van der Waals surface area contributed by atoms with Crippen molar-refractivity contribution in [1.82, 2.24) is 10.2 Å². The van der Waals surface area contributed by atoms with Crippen LogP contribution in [0.15, 0.2) is 30.3 Å². The third kappa shape index (κ3) is 6.94. The largest absolute Gasteiger partial charge is 0.490 e. The summed E-state index contributed by atoms with van der Waals surface area (Å²) in [7, 11) is 0. The summed E-state index contributed by atoms with van der Waals surface area (Å²) in [5.41, 5.74) is 0. The number of carboxylic acids is 1. The molecule has 27 heavy (non-hydrogen) atoms. The third-order valence-electron chi connectivity index (χ3n) is 3.96. The molecule has 2 aliphatic heterocycles. The van der Waals surface area contributed by atoms with E-state index >= 15 is 0 Å². The summed E-state index contributed by atoms with van der Waals surface area (Å²) in [6.07, 6.45) is -4.04. The van der Waals surface area contributed by atoms with Gasteiger partial charge in [0.1, 0.15) is 11.9 Å². The maximum absolute atomic E-state index is 12.4. The van der Waals surface area contributed by atoms with Gasteiger partial charge in [0, 0.05) is 31.0 Å². The predicted molar refractivity (Wildman–Crippen MR) is 94.9 cm³/mol. The minimum atomic E-state index is -5.08. The number of halogens is 3. The topological polar surface area (TPSA) is 78.9 Å². The van der Waals surface area contributed by atoms with Gasteiger partial charge in [-0.3, -0.25) is 4.79 Å². The van der Waals surface area contributed by atoms with Crippen LogP contribution in [-0.4, -0.2) is 71.3 Å². The molecule has 150 valence electrons. The van der Waals surface area contributed by atoms with Gasteiger partial charge in [-0.1, -0.05) is 18.2 Å². The van der Waals surface area contributed by atoms with Crippen molar-refractivity contribution in [3.8, 4) is 5.75 Å². The monoisotopic (exact) mass is 406 g/mol. The number of para-hydroxylation sites is 1. The quantitative estimate of drug-likeness (QED) is 0.800. The Kier molecular flexibility index (Phi) is 7.78. The number of hydrogen-bond acceptors (Lipinski definition) is 5. The highest BCUT2D eigenvalue weighted by atomic mass is 32.2. The first-order valence-electron chi connectivity index (χ1n) is 8.39. The summed E-state index contributed by atoms with van der Waals surface area (Å²) < 4.78 is 37.7. The Morgan fingerprint density at radius 3 is 2.48 bits per heavy atom. The molecular weight excluding hydrogens is 385 g/mol. The number of hydrogen-bond donors (Lipinski definition) is 2. The van der Waals surface area contributed by atoms with Gasteiger partial charge >= 0.3 is 12.1 Å². The van der Waals surface area contributed by atoms with E-state index in [2.05, 4.69) is 5.32 Å². The number of thioether (sulfide) groups is 1. The van der Waals surface area contributed by atoms with Crippen LogP contribution < -0.4 is 10.1 Å². The molecule has 2 N–H and O–H groups in total. The van der Waals surface area contributed by atoms with E-state index in [9.17, 15) is 18.0 Å². The second kappa shape index (κ2) is 9.84. The van der Waals surface area contributed by atoms with Crippen LogP contribution in [-0.2, 0) is 9.59 Å². The molecule has 2 atom stereocenters. The Balaban J connectivity index is 0.000000321. The summed E-state index contributed by atoms with van der Waals surface area (Å²) >= 11 is 1.85. The number of carboxylic acid groups (broad SMARTS) is 1. The highest BCUT2D eigenvalue weighted by molar-refractivity contribution is 7.99. The van der Waals surface area contributed by atoms with Crippen molar-refractivity contribution in [2.75, 3.05) is 31.1 Å². The van der Waals surface area contributed by atoms with Crippen molar-refractivity contribution in [2.45, 2.75) is 24.7 Å². The zero-order valence-electron chi connectivity index (χ0n) is 14.4. The van der Waals surface area contributed by atoms with Crippen LogP contribution in [0.1, 0.15) is 6.42 Å². The fraction of sp³-hybridized carbons (Fsp3) is 0.529. The number of rotatable bonds is 3. The molecule has 1 unspecified atom stereocenters. The van der Waals surface area contributed by atoms with Crippen LogP contribution in [0.4, 0.5) is 13.2 Å². The van der Waals surface area contributed by atoms with Gasteiger partial charge in [-0.2, -0.15) is 24.9 Å². The second-order valence-electron chi connectivity index (χ2n) is 6.01. The Bertz CT molecular complexity index is 624. The first-order chi connectivity index (χ1) is 12.8. The SMILES string of the molecule is O=C(C1CSCCN1)N1CC[C@@H](Oc2ccccc2)C1.O=C(O)C(F)(F)F. The fourth-order valence-corrected chi connectivity index (χ4v) is 3.59. The van der Waals surface area contributed by atoms with E-state index in [1.165, 1.54) is 0 Å². The minimum absolute atomic E-state index is 0.00998. The van der Waals surface area contributed by atoms with E-state index in [0.717, 1.165) is 36.8 Å². The van der Waals surface area contributed by atoms with Crippen molar-refractivity contribution < 1.29 is 32.6 Å². The zero-order chi connectivity index (χ0) is 19.9. The van der Waals surface area contributed by atoms with Crippen molar-refractivity contribution in [2.24, 2.45) is 0 Å². The molecule has 2 aliphatic rings. The van der Waals surface area contributed by atoms with Crippen LogP contribution in [0.3, 0.4) is 0 Å². The zero-order valence-corrected chi connectivity index (χ0v) is 15.3. The second-order valence-corrected chi connectivity index (χ2v) is 7.16. The van der Waals surface area contributed by atoms with Crippen molar-refractivity contribution in [3.05, 3.63) is 30.3 Å². The molecule has 2 heterocycles. The molecule has 0 radical (unpaired) electrons. The molecule has 0 saturated carbocycles. The molecule has 1 aromatic rings. The number of nitrogens with one attached hydrogen (secondary N) is 1. The summed E-state index contributed by atoms with van der Waals surface area (Å²) in [5.74, 6) is 0.352. The minimum Gasteiger partial charge on any atom is -0.489 e. The summed E-state index contributed by atoms with van der Waals surface area (Å²) in [4.78, 5) is 23.2. The Labute approximate surface area is 159 Å².